The van der Waals surface area contributed by atoms with Crippen molar-refractivity contribution in [1.82, 2.24) is 10.0 Å². The molecule has 2 aromatic rings. The predicted octanol–water partition coefficient (Wildman–Crippen LogP) is 3.34. The van der Waals surface area contributed by atoms with Crippen molar-refractivity contribution in [2.24, 2.45) is 0 Å². The lowest BCUT2D eigenvalue weighted by atomic mass is 10.2. The summed E-state index contributed by atoms with van der Waals surface area (Å²) in [4.78, 5) is 11.5. The van der Waals surface area contributed by atoms with Gasteiger partial charge in [0.1, 0.15) is 0 Å². The molecule has 2 aromatic carbocycles. The summed E-state index contributed by atoms with van der Waals surface area (Å²) in [7, 11) is -4.30. The third kappa shape index (κ3) is 5.95. The van der Waals surface area contributed by atoms with E-state index in [1.165, 1.54) is 6.92 Å². The van der Waals surface area contributed by atoms with E-state index in [1.807, 2.05) is 0 Å². The van der Waals surface area contributed by atoms with Crippen LogP contribution in [0.25, 0.3) is 0 Å². The summed E-state index contributed by atoms with van der Waals surface area (Å²) < 4.78 is 64.8. The van der Waals surface area contributed by atoms with Gasteiger partial charge in [-0.15, -0.1) is 0 Å². The zero-order chi connectivity index (χ0) is 20.2. The van der Waals surface area contributed by atoms with E-state index in [4.69, 9.17) is 11.6 Å². The lowest BCUT2D eigenvalue weighted by molar-refractivity contribution is -0.137. The molecule has 0 spiro atoms. The Labute approximate surface area is 159 Å². The minimum atomic E-state index is -4.67. The van der Waals surface area contributed by atoms with Crippen LogP contribution in [0.2, 0.25) is 5.02 Å². The molecule has 0 saturated carbocycles. The lowest BCUT2D eigenvalue weighted by Crippen LogP contribution is -2.44. The van der Waals surface area contributed by atoms with Gasteiger partial charge in [-0.3, -0.25) is 4.79 Å². The van der Waals surface area contributed by atoms with Crippen LogP contribution in [-0.2, 0) is 27.5 Å². The Balaban J connectivity index is 2.03. The van der Waals surface area contributed by atoms with Crippen molar-refractivity contribution < 1.29 is 26.4 Å². The van der Waals surface area contributed by atoms with E-state index in [9.17, 15) is 26.4 Å². The average Bonchev–Trinajstić information content (AvgIpc) is 2.60. The summed E-state index contributed by atoms with van der Waals surface area (Å²) in [5.74, 6) is -0.625. The van der Waals surface area contributed by atoms with Gasteiger partial charge in [0, 0.05) is 11.6 Å². The predicted molar refractivity (Wildman–Crippen MR) is 94.5 cm³/mol. The van der Waals surface area contributed by atoms with Gasteiger partial charge in [0.05, 0.1) is 16.5 Å². The highest BCUT2D eigenvalue weighted by atomic mass is 35.5. The molecule has 2 rings (SSSR count). The average molecular weight is 421 g/mol. The normalized spacial score (nSPS) is 13.2. The highest BCUT2D eigenvalue weighted by Gasteiger charge is 2.32. The van der Waals surface area contributed by atoms with Crippen molar-refractivity contribution in [2.75, 3.05) is 0 Å². The molecule has 0 heterocycles. The maximum atomic E-state index is 12.7. The van der Waals surface area contributed by atoms with E-state index >= 15 is 0 Å². The number of halogens is 4. The van der Waals surface area contributed by atoms with Crippen molar-refractivity contribution in [3.05, 3.63) is 64.7 Å². The van der Waals surface area contributed by atoms with Crippen LogP contribution in [0.15, 0.2) is 53.4 Å². The number of nitrogens with one attached hydrogen (secondary N) is 2. The minimum Gasteiger partial charge on any atom is -0.351 e. The van der Waals surface area contributed by atoms with Crippen LogP contribution < -0.4 is 10.0 Å². The van der Waals surface area contributed by atoms with Crippen LogP contribution in [0.4, 0.5) is 13.2 Å². The third-order valence-electron chi connectivity index (χ3n) is 3.58. The molecule has 1 atom stereocenters. The van der Waals surface area contributed by atoms with Gasteiger partial charge in [-0.05, 0) is 42.8 Å². The molecule has 27 heavy (non-hydrogen) atoms. The molecule has 0 aliphatic rings. The molecule has 1 amide bonds. The fourth-order valence-corrected chi connectivity index (χ4v) is 3.51. The van der Waals surface area contributed by atoms with Gasteiger partial charge in [-0.25, -0.2) is 8.42 Å². The van der Waals surface area contributed by atoms with E-state index < -0.39 is 38.6 Å². The smallest absolute Gasteiger partial charge is 0.351 e. The Morgan fingerprint density at radius 1 is 1.15 bits per heavy atom. The summed E-state index contributed by atoms with van der Waals surface area (Å²) in [6, 6.07) is 8.78. The second-order valence-corrected chi connectivity index (χ2v) is 7.86. The van der Waals surface area contributed by atoms with Gasteiger partial charge >= 0.3 is 6.18 Å². The standard InChI is InChI=1S/C17H16ClF3N2O3S/c1-11(16(24)22-10-12-5-7-14(18)8-6-12)23-27(25,26)15-4-2-3-13(9-15)17(19,20)21/h2-9,11,23H,10H2,1H3,(H,22,24). The first-order valence-electron chi connectivity index (χ1n) is 7.71. The van der Waals surface area contributed by atoms with Crippen LogP contribution in [0.3, 0.4) is 0 Å². The zero-order valence-corrected chi connectivity index (χ0v) is 15.6. The number of benzene rings is 2. The molecule has 0 bridgehead atoms. The SMILES string of the molecule is CC(NS(=O)(=O)c1cccc(C(F)(F)F)c1)C(=O)NCc1ccc(Cl)cc1. The molecule has 0 saturated heterocycles. The summed E-state index contributed by atoms with van der Waals surface area (Å²) in [5, 5.41) is 3.07. The number of sulfonamides is 1. The van der Waals surface area contributed by atoms with E-state index in [-0.39, 0.29) is 6.54 Å². The first-order chi connectivity index (χ1) is 12.5. The highest BCUT2D eigenvalue weighted by Crippen LogP contribution is 2.30. The summed E-state index contributed by atoms with van der Waals surface area (Å²) in [6.45, 7) is 1.44. The summed E-state index contributed by atoms with van der Waals surface area (Å²) >= 11 is 5.76. The second kappa shape index (κ2) is 8.28. The van der Waals surface area contributed by atoms with Gasteiger partial charge in [0.15, 0.2) is 0 Å². The highest BCUT2D eigenvalue weighted by molar-refractivity contribution is 7.89. The molecule has 0 fully saturated rings. The molecule has 1 unspecified atom stereocenters. The number of amides is 1. The Morgan fingerprint density at radius 3 is 2.37 bits per heavy atom. The minimum absolute atomic E-state index is 0.144. The maximum Gasteiger partial charge on any atom is 0.416 e. The van der Waals surface area contributed by atoms with Crippen LogP contribution in [0.1, 0.15) is 18.1 Å². The van der Waals surface area contributed by atoms with Gasteiger partial charge in [0.2, 0.25) is 15.9 Å². The Kier molecular flexibility index (Phi) is 6.50. The van der Waals surface area contributed by atoms with E-state index in [1.54, 1.807) is 24.3 Å². The number of rotatable bonds is 6. The number of hydrogen-bond acceptors (Lipinski definition) is 3. The van der Waals surface area contributed by atoms with Gasteiger partial charge in [-0.2, -0.15) is 17.9 Å². The van der Waals surface area contributed by atoms with Crippen molar-refractivity contribution >= 4 is 27.5 Å². The number of carbonyl (C=O) groups excluding carboxylic acids is 1. The Morgan fingerprint density at radius 2 is 1.78 bits per heavy atom. The fraction of sp³-hybridized carbons (Fsp3) is 0.235. The van der Waals surface area contributed by atoms with Crippen LogP contribution in [-0.4, -0.2) is 20.4 Å². The number of carbonyl (C=O) groups is 1. The van der Waals surface area contributed by atoms with E-state index in [0.29, 0.717) is 11.1 Å². The lowest BCUT2D eigenvalue weighted by Gasteiger charge is -2.15. The van der Waals surface area contributed by atoms with Crippen LogP contribution in [0, 0.1) is 0 Å². The summed E-state index contributed by atoms with van der Waals surface area (Å²) in [6.07, 6.45) is -4.67. The zero-order valence-electron chi connectivity index (χ0n) is 14.0. The maximum absolute atomic E-state index is 12.7. The van der Waals surface area contributed by atoms with Crippen LogP contribution >= 0.6 is 11.6 Å². The second-order valence-electron chi connectivity index (χ2n) is 5.71. The third-order valence-corrected chi connectivity index (χ3v) is 5.37. The topological polar surface area (TPSA) is 75.3 Å². The molecule has 146 valence electrons. The van der Waals surface area contributed by atoms with E-state index in [0.717, 1.165) is 23.8 Å². The molecule has 2 N–H and O–H groups in total. The molecule has 0 aromatic heterocycles. The first-order valence-corrected chi connectivity index (χ1v) is 9.57. The number of alkyl halides is 3. The monoisotopic (exact) mass is 420 g/mol. The quantitative estimate of drug-likeness (QED) is 0.752. The largest absolute Gasteiger partial charge is 0.416 e. The molecule has 0 aliphatic carbocycles. The molecular weight excluding hydrogens is 405 g/mol. The van der Waals surface area contributed by atoms with Crippen molar-refractivity contribution in [1.29, 1.82) is 0 Å². The fourth-order valence-electron chi connectivity index (χ4n) is 2.14. The Hall–Kier alpha value is -2.10. The van der Waals surface area contributed by atoms with Crippen molar-refractivity contribution in [3.63, 3.8) is 0 Å². The van der Waals surface area contributed by atoms with Crippen molar-refractivity contribution in [2.45, 2.75) is 30.6 Å². The summed E-state index contributed by atoms with van der Waals surface area (Å²) in [5.41, 5.74) is -0.342. The molecule has 5 nitrogen and oxygen atoms in total. The van der Waals surface area contributed by atoms with Crippen LogP contribution in [0.5, 0.6) is 0 Å². The molecule has 10 heteroatoms. The van der Waals surface area contributed by atoms with Gasteiger partial charge < -0.3 is 5.32 Å². The molecular formula is C17H16ClF3N2O3S. The first kappa shape index (κ1) is 21.2. The van der Waals surface area contributed by atoms with Gasteiger partial charge in [0.25, 0.3) is 0 Å². The number of hydrogen-bond donors (Lipinski definition) is 2. The molecule has 0 radical (unpaired) electrons. The molecule has 0 aliphatic heterocycles. The van der Waals surface area contributed by atoms with Crippen molar-refractivity contribution in [3.8, 4) is 0 Å². The van der Waals surface area contributed by atoms with E-state index in [2.05, 4.69) is 10.0 Å². The van der Waals surface area contributed by atoms with Gasteiger partial charge in [-0.1, -0.05) is 29.8 Å². The Bertz CT molecular complexity index is 916.